The standard InChI is InChI=1S/C30H49NO2/c1-25(2)14-16-30-17-15-28(6)19(23(30)24(25)33-18-30)8-9-21-27(5)12-11-22(31-32)26(3,4)20(27)10-13-29(21,28)7/h19-21,23-24,32H,8-18H2,1-7H3/b31-22-/t19-,20+,21+,23-,24+,27-,28+,29+,30+/m0/s1. The Kier molecular flexibility index (Phi) is 4.57. The molecule has 5 aliphatic carbocycles. The molecule has 9 atom stereocenters. The van der Waals surface area contributed by atoms with E-state index in [1.807, 2.05) is 0 Å². The van der Waals surface area contributed by atoms with E-state index in [1.165, 1.54) is 57.8 Å². The van der Waals surface area contributed by atoms with Crippen LogP contribution in [-0.4, -0.2) is 23.6 Å². The van der Waals surface area contributed by atoms with Crippen LogP contribution in [0.2, 0.25) is 0 Å². The van der Waals surface area contributed by atoms with Gasteiger partial charge in [-0.2, -0.15) is 0 Å². The van der Waals surface area contributed by atoms with Gasteiger partial charge in [-0.1, -0.05) is 53.6 Å². The summed E-state index contributed by atoms with van der Waals surface area (Å²) in [6.45, 7) is 18.8. The topological polar surface area (TPSA) is 41.8 Å². The molecule has 1 aliphatic heterocycles. The zero-order valence-corrected chi connectivity index (χ0v) is 22.5. The van der Waals surface area contributed by atoms with Crippen molar-refractivity contribution in [1.82, 2.24) is 0 Å². The maximum atomic E-state index is 9.76. The second-order valence-electron chi connectivity index (χ2n) is 15.5. The van der Waals surface area contributed by atoms with Crippen LogP contribution in [0, 0.1) is 56.2 Å². The smallest absolute Gasteiger partial charge is 0.0663 e. The average Bonchev–Trinajstić information content (AvgIpc) is 3.07. The third-order valence-electron chi connectivity index (χ3n) is 14.0. The number of hydrogen-bond acceptors (Lipinski definition) is 3. The van der Waals surface area contributed by atoms with Gasteiger partial charge in [-0.3, -0.25) is 0 Å². The van der Waals surface area contributed by atoms with Crippen molar-refractivity contribution in [3.05, 3.63) is 0 Å². The molecule has 0 amide bonds. The number of hydrogen-bond donors (Lipinski definition) is 1. The van der Waals surface area contributed by atoms with Gasteiger partial charge in [0.15, 0.2) is 0 Å². The summed E-state index contributed by atoms with van der Waals surface area (Å²) in [7, 11) is 0. The maximum Gasteiger partial charge on any atom is 0.0663 e. The summed E-state index contributed by atoms with van der Waals surface area (Å²) in [5, 5.41) is 13.6. The van der Waals surface area contributed by atoms with Gasteiger partial charge >= 0.3 is 0 Å². The highest BCUT2D eigenvalue weighted by Gasteiger charge is 2.72. The molecule has 0 aromatic heterocycles. The van der Waals surface area contributed by atoms with E-state index >= 15 is 0 Å². The second kappa shape index (κ2) is 6.60. The van der Waals surface area contributed by atoms with Gasteiger partial charge < -0.3 is 9.94 Å². The van der Waals surface area contributed by atoms with Crippen LogP contribution in [0.4, 0.5) is 0 Å². The Labute approximate surface area is 202 Å². The van der Waals surface area contributed by atoms with Crippen molar-refractivity contribution in [3.63, 3.8) is 0 Å². The number of fused-ring (bicyclic) bond motifs is 5. The largest absolute Gasteiger partial charge is 0.411 e. The van der Waals surface area contributed by atoms with Crippen molar-refractivity contribution in [2.75, 3.05) is 6.61 Å². The Bertz CT molecular complexity index is 877. The summed E-state index contributed by atoms with van der Waals surface area (Å²) in [6, 6.07) is 0. The molecule has 5 saturated carbocycles. The summed E-state index contributed by atoms with van der Waals surface area (Å²) in [5.41, 5.74) is 3.06. The highest BCUT2D eigenvalue weighted by atomic mass is 16.5. The molecule has 0 spiro atoms. The predicted molar refractivity (Wildman–Crippen MR) is 133 cm³/mol. The Morgan fingerprint density at radius 2 is 1.52 bits per heavy atom. The number of oxime groups is 1. The molecule has 6 fully saturated rings. The molecule has 3 nitrogen and oxygen atoms in total. The lowest BCUT2D eigenvalue weighted by Gasteiger charge is -2.73. The van der Waals surface area contributed by atoms with Crippen molar-refractivity contribution < 1.29 is 9.94 Å². The molecule has 3 heteroatoms. The minimum Gasteiger partial charge on any atom is -0.411 e. The fraction of sp³-hybridized carbons (Fsp3) is 0.967. The molecule has 1 heterocycles. The molecule has 33 heavy (non-hydrogen) atoms. The van der Waals surface area contributed by atoms with E-state index in [9.17, 15) is 5.21 Å². The molecule has 2 bridgehead atoms. The van der Waals surface area contributed by atoms with Crippen LogP contribution >= 0.6 is 0 Å². The molecule has 0 radical (unpaired) electrons. The minimum absolute atomic E-state index is 0.0117. The van der Waals surface area contributed by atoms with E-state index in [1.54, 1.807) is 0 Å². The summed E-state index contributed by atoms with van der Waals surface area (Å²) in [5.74, 6) is 3.02. The lowest BCUT2D eigenvalue weighted by Crippen LogP contribution is -2.67. The SMILES string of the molecule is CC1(C)CC[C@]23CC[C@]4(C)[C@@H](CC[C@@H]5[C@@]6(C)CC/C(=N/O)C(C)(C)[C@H]6CC[C@]54C)[C@H]2[C@H]1OC3. The number of rotatable bonds is 0. The summed E-state index contributed by atoms with van der Waals surface area (Å²) in [4.78, 5) is 0. The monoisotopic (exact) mass is 455 g/mol. The minimum atomic E-state index is 0.0117. The lowest BCUT2D eigenvalue weighted by molar-refractivity contribution is -0.235. The van der Waals surface area contributed by atoms with Crippen LogP contribution in [0.5, 0.6) is 0 Å². The van der Waals surface area contributed by atoms with Crippen molar-refractivity contribution in [2.24, 2.45) is 61.3 Å². The molecule has 6 rings (SSSR count). The normalized spacial score (nSPS) is 57.5. The third-order valence-corrected chi connectivity index (χ3v) is 14.0. The Balaban J connectivity index is 1.39. The number of nitrogens with zero attached hydrogens (tertiary/aromatic N) is 1. The Hall–Kier alpha value is -0.570. The van der Waals surface area contributed by atoms with Gasteiger partial charge in [0.25, 0.3) is 0 Å². The van der Waals surface area contributed by atoms with Crippen molar-refractivity contribution >= 4 is 5.71 Å². The molecule has 0 aromatic carbocycles. The zero-order valence-electron chi connectivity index (χ0n) is 22.5. The molecule has 186 valence electrons. The predicted octanol–water partition coefficient (Wildman–Crippen LogP) is 7.71. The summed E-state index contributed by atoms with van der Waals surface area (Å²) < 4.78 is 6.71. The average molecular weight is 456 g/mol. The summed E-state index contributed by atoms with van der Waals surface area (Å²) >= 11 is 0. The van der Waals surface area contributed by atoms with Crippen molar-refractivity contribution in [2.45, 2.75) is 119 Å². The van der Waals surface area contributed by atoms with Crippen LogP contribution < -0.4 is 0 Å². The maximum absolute atomic E-state index is 9.76. The van der Waals surface area contributed by atoms with E-state index < -0.39 is 0 Å². The van der Waals surface area contributed by atoms with Gasteiger partial charge in [0.05, 0.1) is 18.4 Å². The first kappa shape index (κ1) is 22.9. The van der Waals surface area contributed by atoms with Gasteiger partial charge in [-0.05, 0) is 115 Å². The fourth-order valence-corrected chi connectivity index (χ4v) is 12.0. The first-order valence-corrected chi connectivity index (χ1v) is 14.2. The lowest BCUT2D eigenvalue weighted by atomic mass is 9.31. The molecular formula is C30H49NO2. The Morgan fingerprint density at radius 3 is 2.24 bits per heavy atom. The van der Waals surface area contributed by atoms with Crippen LogP contribution in [0.3, 0.4) is 0 Å². The van der Waals surface area contributed by atoms with Gasteiger partial charge in [0.2, 0.25) is 0 Å². The van der Waals surface area contributed by atoms with E-state index in [-0.39, 0.29) is 5.41 Å². The van der Waals surface area contributed by atoms with Gasteiger partial charge in [0, 0.05) is 5.41 Å². The highest BCUT2D eigenvalue weighted by molar-refractivity contribution is 5.90. The first-order valence-electron chi connectivity index (χ1n) is 14.2. The van der Waals surface area contributed by atoms with Gasteiger partial charge in [-0.15, -0.1) is 0 Å². The van der Waals surface area contributed by atoms with E-state index in [2.05, 4.69) is 53.6 Å². The number of ether oxygens (including phenoxy) is 1. The molecule has 1 N–H and O–H groups in total. The van der Waals surface area contributed by atoms with Gasteiger partial charge in [-0.25, -0.2) is 0 Å². The fourth-order valence-electron chi connectivity index (χ4n) is 12.0. The van der Waals surface area contributed by atoms with Crippen molar-refractivity contribution in [3.8, 4) is 0 Å². The van der Waals surface area contributed by atoms with E-state index in [4.69, 9.17) is 4.74 Å². The van der Waals surface area contributed by atoms with Crippen LogP contribution in [0.25, 0.3) is 0 Å². The molecule has 6 aliphatic rings. The third kappa shape index (κ3) is 2.54. The molecule has 0 unspecified atom stereocenters. The Morgan fingerprint density at radius 1 is 0.788 bits per heavy atom. The quantitative estimate of drug-likeness (QED) is 0.300. The van der Waals surface area contributed by atoms with Crippen LogP contribution in [-0.2, 0) is 4.74 Å². The van der Waals surface area contributed by atoms with Crippen LogP contribution in [0.1, 0.15) is 113 Å². The second-order valence-corrected chi connectivity index (χ2v) is 15.5. The summed E-state index contributed by atoms with van der Waals surface area (Å²) in [6.07, 6.45) is 13.6. The zero-order chi connectivity index (χ0) is 23.7. The van der Waals surface area contributed by atoms with E-state index in [0.29, 0.717) is 39.1 Å². The first-order chi connectivity index (χ1) is 15.4. The molecular weight excluding hydrogens is 406 g/mol. The van der Waals surface area contributed by atoms with Crippen molar-refractivity contribution in [1.29, 1.82) is 0 Å². The molecule has 0 aromatic rings. The van der Waals surface area contributed by atoms with E-state index in [0.717, 1.165) is 36.5 Å². The highest BCUT2D eigenvalue weighted by Crippen LogP contribution is 2.77. The van der Waals surface area contributed by atoms with Crippen LogP contribution in [0.15, 0.2) is 5.16 Å². The molecule has 1 saturated heterocycles. The van der Waals surface area contributed by atoms with Gasteiger partial charge in [0.1, 0.15) is 0 Å².